The molecule has 9 heteroatoms. The first-order chi connectivity index (χ1) is 10.6. The summed E-state index contributed by atoms with van der Waals surface area (Å²) < 4.78 is 0. The van der Waals surface area contributed by atoms with Gasteiger partial charge in [-0.15, -0.1) is 16.5 Å². The minimum Gasteiger partial charge on any atom is -0.275 e. The lowest BCUT2D eigenvalue weighted by atomic mass is 10.2. The molecule has 2 aromatic rings. The zero-order valence-corrected chi connectivity index (χ0v) is 11.8. The van der Waals surface area contributed by atoms with E-state index in [1.807, 2.05) is 41.0 Å². The minimum absolute atomic E-state index is 0.316. The fourth-order valence-corrected chi connectivity index (χ4v) is 2.43. The molecule has 2 heterocycles. The van der Waals surface area contributed by atoms with E-state index in [2.05, 4.69) is 15.2 Å². The van der Waals surface area contributed by atoms with Crippen LogP contribution in [0, 0.1) is 0 Å². The second kappa shape index (κ2) is 5.82. The highest BCUT2D eigenvalue weighted by molar-refractivity contribution is 7.13. The van der Waals surface area contributed by atoms with Crippen LogP contribution in [0.2, 0.25) is 0 Å². The molecule has 1 saturated heterocycles. The molecule has 0 unspecified atom stereocenters. The summed E-state index contributed by atoms with van der Waals surface area (Å²) in [5.74, 6) is -1.62. The summed E-state index contributed by atoms with van der Waals surface area (Å²) in [7, 11) is 0. The van der Waals surface area contributed by atoms with Crippen molar-refractivity contribution in [3.8, 4) is 11.3 Å². The van der Waals surface area contributed by atoms with Gasteiger partial charge >= 0.3 is 6.03 Å². The molecular formula is C13H9N5O3S. The molecule has 0 radical (unpaired) electrons. The van der Waals surface area contributed by atoms with E-state index in [-0.39, 0.29) is 0 Å². The normalized spacial score (nSPS) is 15.9. The number of imide groups is 2. The van der Waals surface area contributed by atoms with E-state index in [1.54, 1.807) is 5.38 Å². The zero-order chi connectivity index (χ0) is 15.5. The van der Waals surface area contributed by atoms with Gasteiger partial charge in [0.1, 0.15) is 0 Å². The van der Waals surface area contributed by atoms with E-state index < -0.39 is 23.9 Å². The van der Waals surface area contributed by atoms with Gasteiger partial charge in [-0.2, -0.15) is 5.11 Å². The van der Waals surface area contributed by atoms with Crippen molar-refractivity contribution >= 4 is 34.3 Å². The lowest BCUT2D eigenvalue weighted by Gasteiger charge is -2.15. The molecule has 0 aliphatic carbocycles. The Balaban J connectivity index is 1.76. The topological polar surface area (TPSA) is 113 Å². The molecule has 1 aliphatic heterocycles. The number of nitrogens with one attached hydrogen (secondary N) is 2. The summed E-state index contributed by atoms with van der Waals surface area (Å²) >= 11 is 1.23. The number of amides is 4. The van der Waals surface area contributed by atoms with Crippen LogP contribution in [0.15, 0.2) is 45.9 Å². The van der Waals surface area contributed by atoms with Crippen LogP contribution >= 0.6 is 11.3 Å². The van der Waals surface area contributed by atoms with Gasteiger partial charge in [0.2, 0.25) is 11.2 Å². The summed E-state index contributed by atoms with van der Waals surface area (Å²) in [6.07, 6.45) is 0. The lowest BCUT2D eigenvalue weighted by molar-refractivity contribution is -0.131. The second-order valence-corrected chi connectivity index (χ2v) is 5.14. The van der Waals surface area contributed by atoms with E-state index >= 15 is 0 Å². The molecule has 1 fully saturated rings. The predicted molar refractivity (Wildman–Crippen MR) is 77.5 cm³/mol. The number of thiazole rings is 1. The molecule has 0 bridgehead atoms. The van der Waals surface area contributed by atoms with Crippen molar-refractivity contribution in [2.24, 2.45) is 10.2 Å². The fraction of sp³-hybridized carbons (Fsp3) is 0.0769. The highest BCUT2D eigenvalue weighted by atomic mass is 32.1. The van der Waals surface area contributed by atoms with Crippen LogP contribution in [0.25, 0.3) is 11.3 Å². The number of azo groups is 1. The summed E-state index contributed by atoms with van der Waals surface area (Å²) in [4.78, 5) is 38.2. The Bertz CT molecular complexity index is 751. The van der Waals surface area contributed by atoms with Gasteiger partial charge in [-0.25, -0.2) is 9.78 Å². The first-order valence-corrected chi connectivity index (χ1v) is 7.09. The standard InChI is InChI=1S/C13H9N5O3S/c19-10-9(11(20)16-12(21)15-10)17-18-13-14-8(6-22-13)7-4-2-1-3-5-7/h1-6,9H,(H2,15,16,19,20,21). The van der Waals surface area contributed by atoms with Gasteiger partial charge in [0.25, 0.3) is 11.8 Å². The molecule has 1 aromatic carbocycles. The van der Waals surface area contributed by atoms with Crippen LogP contribution in [-0.4, -0.2) is 28.9 Å². The molecule has 1 aromatic heterocycles. The van der Waals surface area contributed by atoms with Crippen molar-refractivity contribution in [1.29, 1.82) is 0 Å². The largest absolute Gasteiger partial charge is 0.328 e. The Morgan fingerprint density at radius 3 is 2.41 bits per heavy atom. The van der Waals surface area contributed by atoms with Gasteiger partial charge in [-0.05, 0) is 0 Å². The maximum atomic E-state index is 11.5. The van der Waals surface area contributed by atoms with Crippen LogP contribution in [-0.2, 0) is 9.59 Å². The molecular weight excluding hydrogens is 306 g/mol. The molecule has 110 valence electrons. The number of hydrogen-bond acceptors (Lipinski definition) is 7. The molecule has 4 amide bonds. The molecule has 22 heavy (non-hydrogen) atoms. The molecule has 0 saturated carbocycles. The number of nitrogens with zero attached hydrogens (tertiary/aromatic N) is 3. The Morgan fingerprint density at radius 1 is 1.05 bits per heavy atom. The van der Waals surface area contributed by atoms with Gasteiger partial charge in [-0.3, -0.25) is 20.2 Å². The van der Waals surface area contributed by atoms with Crippen LogP contribution in [0.5, 0.6) is 0 Å². The highest BCUT2D eigenvalue weighted by Crippen LogP contribution is 2.26. The van der Waals surface area contributed by atoms with E-state index in [1.165, 1.54) is 11.3 Å². The molecule has 8 nitrogen and oxygen atoms in total. The van der Waals surface area contributed by atoms with E-state index in [0.717, 1.165) is 11.3 Å². The van der Waals surface area contributed by atoms with Gasteiger partial charge in [-0.1, -0.05) is 30.3 Å². The molecule has 0 atom stereocenters. The van der Waals surface area contributed by atoms with Crippen molar-refractivity contribution in [2.75, 3.05) is 0 Å². The van der Waals surface area contributed by atoms with Crippen LogP contribution in [0.1, 0.15) is 0 Å². The number of urea groups is 1. The average Bonchev–Trinajstić information content (AvgIpc) is 2.96. The Morgan fingerprint density at radius 2 is 1.73 bits per heavy atom. The Labute approximate surface area is 128 Å². The van der Waals surface area contributed by atoms with E-state index in [9.17, 15) is 14.4 Å². The van der Waals surface area contributed by atoms with Crippen molar-refractivity contribution in [1.82, 2.24) is 15.6 Å². The number of hydrogen-bond donors (Lipinski definition) is 2. The third kappa shape index (κ3) is 2.88. The smallest absolute Gasteiger partial charge is 0.275 e. The highest BCUT2D eigenvalue weighted by Gasteiger charge is 2.34. The maximum Gasteiger partial charge on any atom is 0.328 e. The monoisotopic (exact) mass is 315 g/mol. The van der Waals surface area contributed by atoms with E-state index in [4.69, 9.17) is 0 Å². The summed E-state index contributed by atoms with van der Waals surface area (Å²) in [5, 5.41) is 13.5. The molecule has 1 aliphatic rings. The zero-order valence-electron chi connectivity index (χ0n) is 11.0. The van der Waals surface area contributed by atoms with Gasteiger partial charge in [0.05, 0.1) is 5.69 Å². The van der Waals surface area contributed by atoms with E-state index in [0.29, 0.717) is 5.13 Å². The lowest BCUT2D eigenvalue weighted by Crippen LogP contribution is -2.57. The van der Waals surface area contributed by atoms with Gasteiger partial charge < -0.3 is 0 Å². The minimum atomic E-state index is -1.39. The molecule has 3 rings (SSSR count). The summed E-state index contributed by atoms with van der Waals surface area (Å²) in [5.41, 5.74) is 1.66. The maximum absolute atomic E-state index is 11.5. The Hall–Kier alpha value is -2.94. The third-order valence-corrected chi connectivity index (χ3v) is 3.52. The first kappa shape index (κ1) is 14.0. The van der Waals surface area contributed by atoms with Gasteiger partial charge in [0.15, 0.2) is 0 Å². The number of rotatable bonds is 3. The third-order valence-electron chi connectivity index (χ3n) is 2.79. The molecule has 2 N–H and O–H groups in total. The van der Waals surface area contributed by atoms with Crippen LogP contribution < -0.4 is 10.6 Å². The first-order valence-electron chi connectivity index (χ1n) is 6.21. The van der Waals surface area contributed by atoms with Crippen molar-refractivity contribution in [3.63, 3.8) is 0 Å². The number of carbonyl (C=O) groups is 3. The van der Waals surface area contributed by atoms with Crippen molar-refractivity contribution in [2.45, 2.75) is 6.04 Å². The predicted octanol–water partition coefficient (Wildman–Crippen LogP) is 1.63. The fourth-order valence-electron chi connectivity index (χ4n) is 1.77. The summed E-state index contributed by atoms with van der Waals surface area (Å²) in [6, 6.07) is 7.25. The van der Waals surface area contributed by atoms with Crippen LogP contribution in [0.4, 0.5) is 9.93 Å². The van der Waals surface area contributed by atoms with Crippen molar-refractivity contribution < 1.29 is 14.4 Å². The summed E-state index contributed by atoms with van der Waals surface area (Å²) in [6.45, 7) is 0. The quantitative estimate of drug-likeness (QED) is 0.662. The van der Waals surface area contributed by atoms with Crippen molar-refractivity contribution in [3.05, 3.63) is 35.7 Å². The second-order valence-electron chi connectivity index (χ2n) is 4.31. The number of barbiturate groups is 1. The number of aromatic nitrogens is 1. The van der Waals surface area contributed by atoms with Gasteiger partial charge in [0, 0.05) is 10.9 Å². The average molecular weight is 315 g/mol. The Kier molecular flexibility index (Phi) is 3.71. The molecule has 0 spiro atoms. The number of carbonyl (C=O) groups excluding carboxylic acids is 3. The number of benzene rings is 1. The SMILES string of the molecule is O=C1NC(=O)C(N=Nc2nc(-c3ccccc3)cs2)C(=O)N1. The van der Waals surface area contributed by atoms with Crippen LogP contribution in [0.3, 0.4) is 0 Å².